The molecule has 1 aromatic carbocycles. The molecule has 12 heteroatoms. The van der Waals surface area contributed by atoms with Crippen molar-refractivity contribution in [3.8, 4) is 5.88 Å². The van der Waals surface area contributed by atoms with Gasteiger partial charge in [-0.1, -0.05) is 18.2 Å². The van der Waals surface area contributed by atoms with Gasteiger partial charge >= 0.3 is 6.03 Å². The molecule has 2 amide bonds. The van der Waals surface area contributed by atoms with Gasteiger partial charge in [0, 0.05) is 23.7 Å². The Hall–Kier alpha value is -3.82. The molecule has 1 aliphatic heterocycles. The highest BCUT2D eigenvalue weighted by atomic mass is 32.2. The number of nitrogens with zero attached hydrogens (tertiary/aromatic N) is 4. The summed E-state index contributed by atoms with van der Waals surface area (Å²) in [5.41, 5.74) is 1.58. The van der Waals surface area contributed by atoms with Crippen LogP contribution in [0.5, 0.6) is 5.88 Å². The molecule has 31 heavy (non-hydrogen) atoms. The molecule has 0 spiro atoms. The Bertz CT molecular complexity index is 1390. The van der Waals surface area contributed by atoms with Crippen molar-refractivity contribution in [2.75, 3.05) is 12.0 Å². The molecule has 0 fully saturated rings. The number of pyridine rings is 2. The molecule has 0 atom stereocenters. The number of rotatable bonds is 4. The van der Waals surface area contributed by atoms with E-state index in [0.29, 0.717) is 22.2 Å². The zero-order valence-corrected chi connectivity index (χ0v) is 16.9. The molecular weight excluding hydrogens is 427 g/mol. The topological polar surface area (TPSA) is 132 Å². The van der Waals surface area contributed by atoms with Gasteiger partial charge in [-0.15, -0.1) is 0 Å². The molecule has 3 aromatic rings. The summed E-state index contributed by atoms with van der Waals surface area (Å²) in [6.07, 6.45) is 1.53. The fourth-order valence-electron chi connectivity index (χ4n) is 3.39. The van der Waals surface area contributed by atoms with Crippen LogP contribution in [0.25, 0.3) is 15.9 Å². The van der Waals surface area contributed by atoms with Crippen LogP contribution < -0.4 is 20.1 Å². The van der Waals surface area contributed by atoms with Gasteiger partial charge in [0.15, 0.2) is 11.5 Å². The van der Waals surface area contributed by atoms with Crippen molar-refractivity contribution in [2.24, 2.45) is 5.14 Å². The number of halogens is 1. The number of primary sulfonamides is 1. The van der Waals surface area contributed by atoms with Crippen LogP contribution in [-0.2, 0) is 23.1 Å². The third-order valence-corrected chi connectivity index (χ3v) is 5.71. The zero-order valence-electron chi connectivity index (χ0n) is 16.1. The number of amides is 2. The molecule has 0 saturated heterocycles. The Kier molecular flexibility index (Phi) is 4.92. The Balaban J connectivity index is 1.84. The van der Waals surface area contributed by atoms with Crippen LogP contribution in [0.3, 0.4) is 0 Å². The highest BCUT2D eigenvalue weighted by Crippen LogP contribution is 2.35. The average molecular weight is 442 g/mol. The van der Waals surface area contributed by atoms with Crippen molar-refractivity contribution in [1.82, 2.24) is 15.3 Å². The first-order valence-electron chi connectivity index (χ1n) is 8.83. The average Bonchev–Trinajstić information content (AvgIpc) is 2.74. The zero-order chi connectivity index (χ0) is 22.3. The SMILES string of the molecule is [C-]#[N+]c1cc(CN2C(=O)NCc3cnc4nc(OC)c(F)cc4c32)ccc1S(N)(=O)=O. The van der Waals surface area contributed by atoms with Crippen LogP contribution in [-0.4, -0.2) is 31.5 Å². The maximum absolute atomic E-state index is 14.4. The molecule has 158 valence electrons. The normalized spacial score (nSPS) is 13.5. The number of hydrogen-bond acceptors (Lipinski definition) is 6. The van der Waals surface area contributed by atoms with Crippen molar-refractivity contribution >= 4 is 38.5 Å². The van der Waals surface area contributed by atoms with E-state index in [0.717, 1.165) is 0 Å². The second-order valence-corrected chi connectivity index (χ2v) is 8.22. The Labute approximate surface area is 176 Å². The van der Waals surface area contributed by atoms with E-state index in [1.165, 1.54) is 42.5 Å². The summed E-state index contributed by atoms with van der Waals surface area (Å²) in [6, 6.07) is 4.78. The second kappa shape index (κ2) is 7.46. The number of ether oxygens (including phenoxy) is 1. The number of sulfonamides is 1. The van der Waals surface area contributed by atoms with Crippen molar-refractivity contribution in [3.05, 3.63) is 58.8 Å². The Morgan fingerprint density at radius 2 is 2.16 bits per heavy atom. The van der Waals surface area contributed by atoms with Crippen LogP contribution in [0.4, 0.5) is 20.6 Å². The summed E-state index contributed by atoms with van der Waals surface area (Å²) in [6.45, 7) is 7.43. The lowest BCUT2D eigenvalue weighted by Crippen LogP contribution is -2.44. The number of hydrogen-bond donors (Lipinski definition) is 2. The molecule has 2 aromatic heterocycles. The summed E-state index contributed by atoms with van der Waals surface area (Å²) < 4.78 is 42.6. The molecule has 10 nitrogen and oxygen atoms in total. The summed E-state index contributed by atoms with van der Waals surface area (Å²) in [4.78, 5) is 25.2. The predicted molar refractivity (Wildman–Crippen MR) is 109 cm³/mol. The quantitative estimate of drug-likeness (QED) is 0.596. The maximum atomic E-state index is 14.4. The highest BCUT2D eigenvalue weighted by Gasteiger charge is 2.28. The second-order valence-electron chi connectivity index (χ2n) is 6.69. The fourth-order valence-corrected chi connectivity index (χ4v) is 4.04. The third kappa shape index (κ3) is 3.60. The number of carbonyl (C=O) groups is 1. The van der Waals surface area contributed by atoms with Crippen molar-refractivity contribution in [3.63, 3.8) is 0 Å². The van der Waals surface area contributed by atoms with Crippen LogP contribution in [0.1, 0.15) is 11.1 Å². The summed E-state index contributed by atoms with van der Waals surface area (Å²) in [7, 11) is -2.78. The predicted octanol–water partition coefficient (Wildman–Crippen LogP) is 2.21. The van der Waals surface area contributed by atoms with Crippen LogP contribution in [0.15, 0.2) is 35.4 Å². The van der Waals surface area contributed by atoms with Crippen LogP contribution in [0, 0.1) is 12.4 Å². The van der Waals surface area contributed by atoms with E-state index in [1.807, 2.05) is 0 Å². The number of methoxy groups -OCH3 is 1. The number of benzene rings is 1. The number of urea groups is 1. The highest BCUT2D eigenvalue weighted by molar-refractivity contribution is 7.89. The van der Waals surface area contributed by atoms with E-state index in [-0.39, 0.29) is 35.2 Å². The molecule has 4 rings (SSSR count). The lowest BCUT2D eigenvalue weighted by atomic mass is 10.1. The summed E-state index contributed by atoms with van der Waals surface area (Å²) >= 11 is 0. The minimum absolute atomic E-state index is 0.0149. The van der Waals surface area contributed by atoms with Crippen molar-refractivity contribution < 1.29 is 22.3 Å². The number of nitrogens with one attached hydrogen (secondary N) is 1. The Morgan fingerprint density at radius 1 is 1.39 bits per heavy atom. The molecule has 0 aliphatic carbocycles. The van der Waals surface area contributed by atoms with Gasteiger partial charge in [-0.3, -0.25) is 4.90 Å². The first-order chi connectivity index (χ1) is 14.7. The molecule has 0 radical (unpaired) electrons. The van der Waals surface area contributed by atoms with Crippen molar-refractivity contribution in [1.29, 1.82) is 0 Å². The molecule has 0 bridgehead atoms. The van der Waals surface area contributed by atoms with E-state index < -0.39 is 21.9 Å². The molecule has 0 saturated carbocycles. The molecule has 3 heterocycles. The van der Waals surface area contributed by atoms with E-state index in [2.05, 4.69) is 20.1 Å². The molecule has 0 unspecified atom stereocenters. The van der Waals surface area contributed by atoms with Gasteiger partial charge in [0.05, 0.1) is 30.8 Å². The van der Waals surface area contributed by atoms with Gasteiger partial charge < -0.3 is 10.1 Å². The summed E-state index contributed by atoms with van der Waals surface area (Å²) in [5.74, 6) is -0.920. The van der Waals surface area contributed by atoms with Gasteiger partial charge in [-0.05, 0) is 11.6 Å². The largest absolute Gasteiger partial charge is 0.479 e. The van der Waals surface area contributed by atoms with E-state index in [1.54, 1.807) is 0 Å². The van der Waals surface area contributed by atoms with Gasteiger partial charge in [0.25, 0.3) is 5.88 Å². The minimum atomic E-state index is -4.07. The number of anilines is 1. The lowest BCUT2D eigenvalue weighted by Gasteiger charge is -2.31. The summed E-state index contributed by atoms with van der Waals surface area (Å²) in [5, 5.41) is 8.17. The molecule has 1 aliphatic rings. The van der Waals surface area contributed by atoms with E-state index in [9.17, 15) is 17.6 Å². The monoisotopic (exact) mass is 442 g/mol. The molecular formula is C19H15FN6O4S. The van der Waals surface area contributed by atoms with E-state index >= 15 is 0 Å². The number of carbonyl (C=O) groups excluding carboxylic acids is 1. The lowest BCUT2D eigenvalue weighted by molar-refractivity contribution is 0.244. The number of nitrogens with two attached hydrogens (primary N) is 1. The van der Waals surface area contributed by atoms with Crippen LogP contribution >= 0.6 is 0 Å². The first kappa shape index (κ1) is 20.5. The Morgan fingerprint density at radius 3 is 2.84 bits per heavy atom. The van der Waals surface area contributed by atoms with Crippen LogP contribution in [0.2, 0.25) is 0 Å². The third-order valence-electron chi connectivity index (χ3n) is 4.76. The molecule has 3 N–H and O–H groups in total. The van der Waals surface area contributed by atoms with Gasteiger partial charge in [-0.2, -0.15) is 4.98 Å². The van der Waals surface area contributed by atoms with Crippen molar-refractivity contribution in [2.45, 2.75) is 18.0 Å². The fraction of sp³-hybridized carbons (Fsp3) is 0.158. The van der Waals surface area contributed by atoms with Gasteiger partial charge in [0.2, 0.25) is 15.7 Å². The van der Waals surface area contributed by atoms with E-state index in [4.69, 9.17) is 16.4 Å². The smallest absolute Gasteiger partial charge is 0.322 e. The van der Waals surface area contributed by atoms with Gasteiger partial charge in [-0.25, -0.2) is 32.6 Å². The number of fused-ring (bicyclic) bond motifs is 3. The first-order valence-corrected chi connectivity index (χ1v) is 10.4. The maximum Gasteiger partial charge on any atom is 0.322 e. The minimum Gasteiger partial charge on any atom is -0.479 e. The van der Waals surface area contributed by atoms with Gasteiger partial charge in [0.1, 0.15) is 0 Å². The number of aromatic nitrogens is 2. The standard InChI is InChI=1S/C19H15FN6O4S/c1-22-14-5-10(3-4-15(14)31(21,28)29)9-26-16-11(8-24-19(26)27)7-23-17-12(16)6-13(20)18(25-17)30-2/h3-7H,8-9H2,2H3,(H,24,27)(H2,21,28,29).